The van der Waals surface area contributed by atoms with E-state index in [1.54, 1.807) is 0 Å². The first-order chi connectivity index (χ1) is 13.7. The van der Waals surface area contributed by atoms with E-state index in [1.807, 2.05) is 0 Å². The summed E-state index contributed by atoms with van der Waals surface area (Å²) in [6, 6.07) is 2.99. The second-order valence-corrected chi connectivity index (χ2v) is 10.4. The van der Waals surface area contributed by atoms with E-state index in [4.69, 9.17) is 4.74 Å². The fraction of sp³-hybridized carbons (Fsp3) is 0.562. The van der Waals surface area contributed by atoms with E-state index in [9.17, 15) is 26.0 Å². The van der Waals surface area contributed by atoms with Crippen molar-refractivity contribution in [2.75, 3.05) is 59.5 Å². The number of ether oxygens (including phenoxy) is 1. The Morgan fingerprint density at radius 3 is 2.17 bits per heavy atom. The Morgan fingerprint density at radius 2 is 1.59 bits per heavy atom. The van der Waals surface area contributed by atoms with Gasteiger partial charge in [-0.05, 0) is 25.2 Å². The van der Waals surface area contributed by atoms with Crippen LogP contribution in [0.3, 0.4) is 0 Å². The number of nitrogens with zero attached hydrogens (tertiary/aromatic N) is 3. The fourth-order valence-electron chi connectivity index (χ4n) is 3.19. The average Bonchev–Trinajstić information content (AvgIpc) is 2.74. The van der Waals surface area contributed by atoms with Crippen molar-refractivity contribution in [2.45, 2.75) is 4.90 Å². The number of sulfonamides is 1. The number of benzene rings is 1. The summed E-state index contributed by atoms with van der Waals surface area (Å²) < 4.78 is 73.3. The van der Waals surface area contributed by atoms with Gasteiger partial charge in [-0.1, -0.05) is 0 Å². The van der Waals surface area contributed by atoms with Crippen LogP contribution in [0.5, 0.6) is 0 Å². The van der Waals surface area contributed by atoms with Gasteiger partial charge in [0.15, 0.2) is 0 Å². The van der Waals surface area contributed by atoms with Crippen molar-refractivity contribution < 1.29 is 30.8 Å². The molecule has 0 spiro atoms. The lowest BCUT2D eigenvalue weighted by molar-refractivity contribution is 0.0634. The lowest BCUT2D eigenvalue weighted by Crippen LogP contribution is -2.55. The lowest BCUT2D eigenvalue weighted by atomic mass is 10.1. The Labute approximate surface area is 169 Å². The maximum atomic E-state index is 14.2. The van der Waals surface area contributed by atoms with Crippen LogP contribution in [-0.4, -0.2) is 95.8 Å². The normalized spacial score (nSPS) is 20.0. The van der Waals surface area contributed by atoms with Gasteiger partial charge in [-0.2, -0.15) is 17.0 Å². The van der Waals surface area contributed by atoms with E-state index < -0.39 is 32.0 Å². The van der Waals surface area contributed by atoms with Crippen LogP contribution in [0.15, 0.2) is 23.1 Å². The molecule has 1 aromatic carbocycles. The van der Waals surface area contributed by atoms with E-state index in [0.29, 0.717) is 13.2 Å². The van der Waals surface area contributed by atoms with Gasteiger partial charge in [-0.15, -0.1) is 0 Å². The maximum Gasteiger partial charge on any atom is 0.282 e. The smallest absolute Gasteiger partial charge is 0.282 e. The van der Waals surface area contributed by atoms with Crippen LogP contribution >= 0.6 is 0 Å². The zero-order chi connectivity index (χ0) is 21.2. The van der Waals surface area contributed by atoms with Gasteiger partial charge < -0.3 is 9.64 Å². The molecule has 0 aliphatic carbocycles. The third-order valence-corrected chi connectivity index (χ3v) is 8.34. The van der Waals surface area contributed by atoms with E-state index >= 15 is 0 Å². The van der Waals surface area contributed by atoms with Crippen LogP contribution in [0.25, 0.3) is 0 Å². The first kappa shape index (κ1) is 22.1. The summed E-state index contributed by atoms with van der Waals surface area (Å²) in [5, 5.41) is 0. The number of rotatable bonds is 5. The molecule has 2 saturated heterocycles. The SMILES string of the molecule is CNS(=O)(=O)c1ccc(F)c(C(=O)N2CCN(S(=O)(=O)N3CCOCC3)CC2)c1. The summed E-state index contributed by atoms with van der Waals surface area (Å²) in [7, 11) is -6.27. The van der Waals surface area contributed by atoms with Gasteiger partial charge >= 0.3 is 0 Å². The highest BCUT2D eigenvalue weighted by Crippen LogP contribution is 2.19. The summed E-state index contributed by atoms with van der Waals surface area (Å²) in [6.07, 6.45) is 0. The van der Waals surface area contributed by atoms with Crippen LogP contribution in [0.1, 0.15) is 10.4 Å². The minimum absolute atomic E-state index is 0.0710. The Morgan fingerprint density at radius 1 is 1.00 bits per heavy atom. The highest BCUT2D eigenvalue weighted by atomic mass is 32.2. The molecule has 1 aromatic rings. The number of amides is 1. The van der Waals surface area contributed by atoms with Gasteiger partial charge in [-0.3, -0.25) is 4.79 Å². The third kappa shape index (κ3) is 4.59. The van der Waals surface area contributed by atoms with E-state index in [2.05, 4.69) is 4.72 Å². The largest absolute Gasteiger partial charge is 0.379 e. The molecular formula is C16H23FN4O6S2. The first-order valence-corrected chi connectivity index (χ1v) is 11.9. The summed E-state index contributed by atoms with van der Waals surface area (Å²) in [5.41, 5.74) is -0.370. The summed E-state index contributed by atoms with van der Waals surface area (Å²) >= 11 is 0. The molecule has 2 aliphatic rings. The van der Waals surface area contributed by atoms with E-state index in [-0.39, 0.29) is 49.7 Å². The van der Waals surface area contributed by atoms with Crippen LogP contribution < -0.4 is 4.72 Å². The van der Waals surface area contributed by atoms with Crippen molar-refractivity contribution in [3.8, 4) is 0 Å². The highest BCUT2D eigenvalue weighted by Gasteiger charge is 2.35. The molecule has 0 atom stereocenters. The summed E-state index contributed by atoms with van der Waals surface area (Å²) in [6.45, 7) is 1.52. The molecule has 0 radical (unpaired) electrons. The topological polar surface area (TPSA) is 116 Å². The molecule has 13 heteroatoms. The van der Waals surface area contributed by atoms with Crippen molar-refractivity contribution in [1.82, 2.24) is 18.2 Å². The van der Waals surface area contributed by atoms with E-state index in [0.717, 1.165) is 18.2 Å². The van der Waals surface area contributed by atoms with Gasteiger partial charge in [0.05, 0.1) is 23.7 Å². The second kappa shape index (κ2) is 8.62. The first-order valence-electron chi connectivity index (χ1n) is 9.02. The molecule has 162 valence electrons. The number of hydrogen-bond acceptors (Lipinski definition) is 6. The zero-order valence-corrected chi connectivity index (χ0v) is 17.5. The van der Waals surface area contributed by atoms with Crippen LogP contribution in [0, 0.1) is 5.82 Å². The second-order valence-electron chi connectivity index (χ2n) is 6.56. The average molecular weight is 451 g/mol. The van der Waals surface area contributed by atoms with Crippen molar-refractivity contribution in [3.05, 3.63) is 29.6 Å². The quantitative estimate of drug-likeness (QED) is 0.620. The van der Waals surface area contributed by atoms with Gasteiger partial charge in [0, 0.05) is 39.3 Å². The van der Waals surface area contributed by atoms with Crippen molar-refractivity contribution in [2.24, 2.45) is 0 Å². The molecular weight excluding hydrogens is 427 g/mol. The monoisotopic (exact) mass is 450 g/mol. The number of nitrogens with one attached hydrogen (secondary N) is 1. The molecule has 29 heavy (non-hydrogen) atoms. The molecule has 1 N–H and O–H groups in total. The van der Waals surface area contributed by atoms with Crippen molar-refractivity contribution in [1.29, 1.82) is 0 Å². The van der Waals surface area contributed by atoms with Gasteiger partial charge in [0.25, 0.3) is 16.1 Å². The molecule has 0 aromatic heterocycles. The third-order valence-electron chi connectivity index (χ3n) is 4.90. The van der Waals surface area contributed by atoms with Crippen molar-refractivity contribution in [3.63, 3.8) is 0 Å². The molecule has 0 unspecified atom stereocenters. The van der Waals surface area contributed by atoms with Crippen molar-refractivity contribution >= 4 is 26.1 Å². The summed E-state index contributed by atoms with van der Waals surface area (Å²) in [4.78, 5) is 13.8. The number of morpholine rings is 1. The van der Waals surface area contributed by atoms with E-state index in [1.165, 1.54) is 20.6 Å². The fourth-order valence-corrected chi connectivity index (χ4v) is 5.50. The molecule has 10 nitrogen and oxygen atoms in total. The molecule has 2 aliphatic heterocycles. The Hall–Kier alpha value is -1.64. The number of carbonyl (C=O) groups excluding carboxylic acids is 1. The van der Waals surface area contributed by atoms with Gasteiger partial charge in [-0.25, -0.2) is 17.5 Å². The zero-order valence-electron chi connectivity index (χ0n) is 15.9. The van der Waals surface area contributed by atoms with Gasteiger partial charge in [0.1, 0.15) is 5.82 Å². The van der Waals surface area contributed by atoms with Gasteiger partial charge in [0.2, 0.25) is 10.0 Å². The molecule has 0 saturated carbocycles. The Kier molecular flexibility index (Phi) is 6.55. The number of hydrogen-bond donors (Lipinski definition) is 1. The molecule has 2 heterocycles. The highest BCUT2D eigenvalue weighted by molar-refractivity contribution is 7.89. The molecule has 1 amide bonds. The predicted molar refractivity (Wildman–Crippen MR) is 101 cm³/mol. The molecule has 2 fully saturated rings. The number of carbonyl (C=O) groups is 1. The number of piperazine rings is 1. The minimum Gasteiger partial charge on any atom is -0.379 e. The predicted octanol–water partition coefficient (Wildman–Crippen LogP) is -0.931. The maximum absolute atomic E-state index is 14.2. The van der Waals surface area contributed by atoms with Crippen LogP contribution in [0.2, 0.25) is 0 Å². The Balaban J connectivity index is 1.71. The van der Waals surface area contributed by atoms with Crippen LogP contribution in [0.4, 0.5) is 4.39 Å². The Bertz CT molecular complexity index is 971. The number of halogens is 1. The molecule has 0 bridgehead atoms. The minimum atomic E-state index is -3.83. The standard InChI is InChI=1S/C16H23FN4O6S2/c1-18-28(23,24)13-2-3-15(17)14(12-13)16(22)19-4-6-20(7-5-19)29(25,26)21-8-10-27-11-9-21/h2-3,12,18H,4-11H2,1H3. The molecule has 3 rings (SSSR count). The van der Waals surface area contributed by atoms with Crippen LogP contribution in [-0.2, 0) is 25.0 Å². The summed E-state index contributed by atoms with van der Waals surface area (Å²) in [5.74, 6) is -1.52. The lowest BCUT2D eigenvalue weighted by Gasteiger charge is -2.37.